The molecule has 0 aliphatic rings. The van der Waals surface area contributed by atoms with Crippen LogP contribution in [0, 0.1) is 0 Å². The molecule has 0 aliphatic heterocycles. The number of carbonyl (C=O) groups is 1. The summed E-state index contributed by atoms with van der Waals surface area (Å²) in [5, 5.41) is 11.4. The molecule has 1 N–H and O–H groups in total. The number of nitrogens with one attached hydrogen (secondary N) is 1. The Morgan fingerprint density at radius 1 is 0.655 bits per heavy atom. The van der Waals surface area contributed by atoms with E-state index in [1.54, 1.807) is 20.8 Å². The van der Waals surface area contributed by atoms with E-state index in [4.69, 9.17) is 4.74 Å². The molecule has 0 unspecified atom stereocenters. The molecular weight excluding hydrogens is 800 g/mol. The highest BCUT2D eigenvalue weighted by Crippen LogP contribution is 2.26. The molecule has 0 bridgehead atoms. The van der Waals surface area contributed by atoms with Gasteiger partial charge in [-0.15, -0.1) is 36.5 Å². The lowest BCUT2D eigenvalue weighted by Crippen LogP contribution is -2.33. The van der Waals surface area contributed by atoms with Crippen LogP contribution in [-0.2, 0) is 11.2 Å². The maximum absolute atomic E-state index is 12.3. The third kappa shape index (κ3) is 12.9. The number of hydrogen-bond donors (Lipinski definition) is 1. The first-order valence-corrected chi connectivity index (χ1v) is 17.1. The van der Waals surface area contributed by atoms with E-state index in [1.807, 2.05) is 48.5 Å². The molecule has 6 aromatic rings. The third-order valence-electron chi connectivity index (χ3n) is 7.05. The second kappa shape index (κ2) is 17.0. The van der Waals surface area contributed by atoms with Gasteiger partial charge in [-0.2, -0.15) is 0 Å². The summed E-state index contributed by atoms with van der Waals surface area (Å²) in [5.41, 5.74) is 3.22. The van der Waals surface area contributed by atoms with Crippen molar-refractivity contribution in [2.24, 2.45) is 0 Å². The molecule has 0 fully saturated rings. The molecule has 1 amide bonds. The molecule has 0 saturated carbocycles. The number of rotatable bonds is 9. The van der Waals surface area contributed by atoms with Gasteiger partial charge in [0.2, 0.25) is 0 Å². The molecule has 11 nitrogen and oxygen atoms in total. The van der Waals surface area contributed by atoms with Gasteiger partial charge >= 0.3 is 18.8 Å². The van der Waals surface area contributed by atoms with Gasteiger partial charge in [0.25, 0.3) is 0 Å². The number of nitrogens with zero attached hydrogens (tertiary/aromatic N) is 6. The van der Waals surface area contributed by atoms with Gasteiger partial charge < -0.3 is 19.5 Å². The second-order valence-electron chi connectivity index (χ2n) is 12.5. The van der Waals surface area contributed by atoms with Crippen molar-refractivity contribution in [1.82, 2.24) is 34.8 Å². The molecule has 4 aromatic carbocycles. The standard InChI is InChI=1S/C22H23F3N4O3.C15H9BrF3N3O/c1-21(2,3)32-20(30)26-13-12-15-4-6-16(7-5-15)19-27-14-29(28-19)17-8-10-18(11-9-17)31-22(23,24)25;16-11-3-1-10(2-4-11)14-20-9-22(21-14)12-5-7-13(8-6-12)23-15(17,18)19/h4-11,14H,12-13H2,1-3H3,(H,26,30);1-9H. The zero-order chi connectivity index (χ0) is 39.8. The van der Waals surface area contributed by atoms with E-state index in [0.717, 1.165) is 21.2 Å². The summed E-state index contributed by atoms with van der Waals surface area (Å²) in [7, 11) is 0. The fraction of sp³-hybridized carbons (Fsp3) is 0.216. The van der Waals surface area contributed by atoms with E-state index in [9.17, 15) is 31.1 Å². The van der Waals surface area contributed by atoms with Crippen LogP contribution in [0.25, 0.3) is 34.2 Å². The molecule has 18 heteroatoms. The average molecular weight is 833 g/mol. The quantitative estimate of drug-likeness (QED) is 0.143. The minimum absolute atomic E-state index is 0.283. The first-order chi connectivity index (χ1) is 25.9. The minimum atomic E-state index is -4.74. The van der Waals surface area contributed by atoms with Crippen molar-refractivity contribution in [3.05, 3.63) is 120 Å². The molecule has 0 aliphatic carbocycles. The lowest BCUT2D eigenvalue weighted by molar-refractivity contribution is -0.275. The van der Waals surface area contributed by atoms with Crippen molar-refractivity contribution in [3.8, 4) is 45.6 Å². The largest absolute Gasteiger partial charge is 0.573 e. The van der Waals surface area contributed by atoms with E-state index in [1.165, 1.54) is 70.5 Å². The van der Waals surface area contributed by atoms with E-state index in [0.29, 0.717) is 36.0 Å². The Bertz CT molecular complexity index is 2150. The fourth-order valence-corrected chi connectivity index (χ4v) is 4.95. The third-order valence-corrected chi connectivity index (χ3v) is 7.58. The topological polar surface area (TPSA) is 118 Å². The minimum Gasteiger partial charge on any atom is -0.444 e. The van der Waals surface area contributed by atoms with Gasteiger partial charge in [0, 0.05) is 22.1 Å². The maximum Gasteiger partial charge on any atom is 0.573 e. The molecule has 55 heavy (non-hydrogen) atoms. The van der Waals surface area contributed by atoms with Crippen LogP contribution in [-0.4, -0.2) is 60.5 Å². The van der Waals surface area contributed by atoms with Crippen LogP contribution in [0.1, 0.15) is 26.3 Å². The van der Waals surface area contributed by atoms with Crippen LogP contribution >= 0.6 is 15.9 Å². The summed E-state index contributed by atoms with van der Waals surface area (Å²) in [6.07, 6.45) is -6.29. The van der Waals surface area contributed by atoms with Crippen molar-refractivity contribution in [3.63, 3.8) is 0 Å². The Kier molecular flexibility index (Phi) is 12.5. The van der Waals surface area contributed by atoms with Crippen LogP contribution < -0.4 is 14.8 Å². The molecule has 2 aromatic heterocycles. The summed E-state index contributed by atoms with van der Waals surface area (Å²) in [5.74, 6) is 0.403. The first kappa shape index (κ1) is 40.3. The van der Waals surface area contributed by atoms with Gasteiger partial charge in [0.05, 0.1) is 11.4 Å². The SMILES string of the molecule is CC(C)(C)OC(=O)NCCc1ccc(-c2ncn(-c3ccc(OC(F)(F)F)cc3)n2)cc1.FC(F)(F)Oc1ccc(-n2cnc(-c3ccc(Br)cc3)n2)cc1. The monoisotopic (exact) mass is 831 g/mol. The molecule has 2 heterocycles. The van der Waals surface area contributed by atoms with Gasteiger partial charge in [-0.25, -0.2) is 24.1 Å². The number of amides is 1. The fourth-order valence-electron chi connectivity index (χ4n) is 4.68. The Balaban J connectivity index is 0.000000222. The Labute approximate surface area is 319 Å². The van der Waals surface area contributed by atoms with Gasteiger partial charge in [-0.1, -0.05) is 52.3 Å². The summed E-state index contributed by atoms with van der Waals surface area (Å²) in [6.45, 7) is 5.85. The summed E-state index contributed by atoms with van der Waals surface area (Å²) in [6, 6.07) is 25.8. The lowest BCUT2D eigenvalue weighted by Gasteiger charge is -2.19. The Hall–Kier alpha value is -5.91. The number of alkyl halides is 6. The zero-order valence-electron chi connectivity index (χ0n) is 29.3. The van der Waals surface area contributed by atoms with Crippen LogP contribution in [0.5, 0.6) is 11.5 Å². The molecule has 0 radical (unpaired) electrons. The van der Waals surface area contributed by atoms with Crippen LogP contribution in [0.15, 0.2) is 114 Å². The molecule has 0 spiro atoms. The van der Waals surface area contributed by atoms with Crippen molar-refractivity contribution < 1.29 is 45.3 Å². The molecule has 288 valence electrons. The number of halogens is 7. The second-order valence-corrected chi connectivity index (χ2v) is 13.4. The van der Waals surface area contributed by atoms with E-state index in [-0.39, 0.29) is 11.5 Å². The summed E-state index contributed by atoms with van der Waals surface area (Å²) < 4.78 is 90.0. The van der Waals surface area contributed by atoms with E-state index < -0.39 is 24.4 Å². The van der Waals surface area contributed by atoms with Gasteiger partial charge in [0.15, 0.2) is 11.6 Å². The highest BCUT2D eigenvalue weighted by Gasteiger charge is 2.31. The summed E-state index contributed by atoms with van der Waals surface area (Å²) >= 11 is 3.35. The van der Waals surface area contributed by atoms with Crippen molar-refractivity contribution in [2.45, 2.75) is 45.5 Å². The molecular formula is C37H32BrF6N7O4. The summed E-state index contributed by atoms with van der Waals surface area (Å²) in [4.78, 5) is 20.1. The smallest absolute Gasteiger partial charge is 0.444 e. The molecule has 6 rings (SSSR count). The number of hydrogen-bond acceptors (Lipinski definition) is 8. The predicted octanol–water partition coefficient (Wildman–Crippen LogP) is 9.50. The first-order valence-electron chi connectivity index (χ1n) is 16.3. The van der Waals surface area contributed by atoms with Crippen molar-refractivity contribution in [2.75, 3.05) is 6.54 Å². The Morgan fingerprint density at radius 3 is 1.47 bits per heavy atom. The van der Waals surface area contributed by atoms with Gasteiger partial charge in [-0.05, 0) is 93.4 Å². The maximum atomic E-state index is 12.3. The number of ether oxygens (including phenoxy) is 3. The highest BCUT2D eigenvalue weighted by molar-refractivity contribution is 9.10. The van der Waals surface area contributed by atoms with E-state index in [2.05, 4.69) is 50.9 Å². The number of carbonyl (C=O) groups excluding carboxylic acids is 1. The van der Waals surface area contributed by atoms with Gasteiger partial charge in [0.1, 0.15) is 29.8 Å². The van der Waals surface area contributed by atoms with E-state index >= 15 is 0 Å². The number of benzene rings is 4. The Morgan fingerprint density at radius 2 is 1.07 bits per heavy atom. The van der Waals surface area contributed by atoms with Crippen molar-refractivity contribution in [1.29, 1.82) is 0 Å². The van der Waals surface area contributed by atoms with Crippen molar-refractivity contribution >= 4 is 22.0 Å². The number of alkyl carbamates (subject to hydrolysis) is 1. The van der Waals surface area contributed by atoms with Crippen LogP contribution in [0.2, 0.25) is 0 Å². The van der Waals surface area contributed by atoms with Crippen LogP contribution in [0.3, 0.4) is 0 Å². The lowest BCUT2D eigenvalue weighted by atomic mass is 10.1. The number of aromatic nitrogens is 6. The normalized spacial score (nSPS) is 11.7. The highest BCUT2D eigenvalue weighted by atomic mass is 79.9. The molecule has 0 atom stereocenters. The molecule has 0 saturated heterocycles. The van der Waals surface area contributed by atoms with Gasteiger partial charge in [-0.3, -0.25) is 0 Å². The van der Waals surface area contributed by atoms with Crippen LogP contribution in [0.4, 0.5) is 31.1 Å². The predicted molar refractivity (Wildman–Crippen MR) is 193 cm³/mol. The zero-order valence-corrected chi connectivity index (χ0v) is 30.9. The average Bonchev–Trinajstić information content (AvgIpc) is 3.79.